The van der Waals surface area contributed by atoms with Gasteiger partial charge in [-0.1, -0.05) is 13.8 Å². The summed E-state index contributed by atoms with van der Waals surface area (Å²) in [6, 6.07) is -0.269. The molecule has 0 aromatic heterocycles. The molecule has 1 fully saturated rings. The Morgan fingerprint density at radius 3 is 2.67 bits per heavy atom. The molecule has 1 rings (SSSR count). The van der Waals surface area contributed by atoms with Gasteiger partial charge in [-0.2, -0.15) is 0 Å². The van der Waals surface area contributed by atoms with Gasteiger partial charge in [0.05, 0.1) is 0 Å². The topological polar surface area (TPSA) is 49.4 Å². The number of carbonyl (C=O) groups is 2. The van der Waals surface area contributed by atoms with Crippen molar-refractivity contribution in [3.63, 3.8) is 0 Å². The summed E-state index contributed by atoms with van der Waals surface area (Å²) in [5, 5.41) is 2.39. The van der Waals surface area contributed by atoms with Crippen LogP contribution in [-0.2, 0) is 4.79 Å². The zero-order valence-electron chi connectivity index (χ0n) is 11.2. The average Bonchev–Trinajstić information content (AvgIpc) is 2.54. The average molecular weight is 275 g/mol. The number of alkyl halides is 1. The molecule has 0 radical (unpaired) electrons. The van der Waals surface area contributed by atoms with E-state index >= 15 is 0 Å². The summed E-state index contributed by atoms with van der Waals surface area (Å²) in [5.41, 5.74) is 0. The highest BCUT2D eigenvalue weighted by Crippen LogP contribution is 2.24. The first kappa shape index (κ1) is 15.3. The summed E-state index contributed by atoms with van der Waals surface area (Å²) >= 11 is 5.46. The van der Waals surface area contributed by atoms with Gasteiger partial charge in [0.2, 0.25) is 5.91 Å². The van der Waals surface area contributed by atoms with Crippen LogP contribution < -0.4 is 5.32 Å². The Kier molecular flexibility index (Phi) is 6.47. The van der Waals surface area contributed by atoms with Gasteiger partial charge in [0.1, 0.15) is 0 Å². The summed E-state index contributed by atoms with van der Waals surface area (Å²) < 4.78 is 0. The summed E-state index contributed by atoms with van der Waals surface area (Å²) in [4.78, 5) is 24.9. The number of halogens is 1. The predicted molar refractivity (Wildman–Crippen MR) is 72.6 cm³/mol. The Morgan fingerprint density at radius 1 is 1.33 bits per heavy atom. The number of hydrogen-bond donors (Lipinski definition) is 1. The van der Waals surface area contributed by atoms with Crippen LogP contribution in [-0.4, -0.2) is 35.8 Å². The van der Waals surface area contributed by atoms with Gasteiger partial charge in [0.15, 0.2) is 0 Å². The Bertz CT molecular complexity index is 295. The number of hydrogen-bond acceptors (Lipinski definition) is 2. The molecule has 1 N–H and O–H groups in total. The lowest BCUT2D eigenvalue weighted by molar-refractivity contribution is -0.119. The van der Waals surface area contributed by atoms with Gasteiger partial charge in [0, 0.05) is 25.4 Å². The molecule has 5 heteroatoms. The fourth-order valence-corrected chi connectivity index (χ4v) is 2.51. The fraction of sp³-hybridized carbons (Fsp3) is 0.846. The number of amides is 3. The standard InChI is InChI=1S/C13H23ClN2O2/c1-10(2)11-4-3-8-16(9-6-11)13(18)15-12(17)5-7-14/h10-11H,3-9H2,1-2H3,(H,15,17,18). The normalized spacial score (nSPS) is 20.7. The monoisotopic (exact) mass is 274 g/mol. The van der Waals surface area contributed by atoms with E-state index in [1.54, 1.807) is 4.90 Å². The molecule has 1 atom stereocenters. The van der Waals surface area contributed by atoms with Crippen LogP contribution in [0, 0.1) is 11.8 Å². The molecule has 0 aromatic rings. The highest BCUT2D eigenvalue weighted by atomic mass is 35.5. The molecule has 1 heterocycles. The van der Waals surface area contributed by atoms with Crippen molar-refractivity contribution in [1.82, 2.24) is 10.2 Å². The first-order chi connectivity index (χ1) is 8.54. The zero-order valence-corrected chi connectivity index (χ0v) is 12.0. The van der Waals surface area contributed by atoms with Crippen molar-refractivity contribution in [2.75, 3.05) is 19.0 Å². The largest absolute Gasteiger partial charge is 0.324 e. The molecular formula is C13H23ClN2O2. The molecule has 104 valence electrons. The van der Waals surface area contributed by atoms with Crippen molar-refractivity contribution in [2.24, 2.45) is 11.8 Å². The van der Waals surface area contributed by atoms with Crippen molar-refractivity contribution in [3.8, 4) is 0 Å². The van der Waals surface area contributed by atoms with Crippen LogP contribution in [0.5, 0.6) is 0 Å². The van der Waals surface area contributed by atoms with E-state index in [0.29, 0.717) is 11.8 Å². The van der Waals surface area contributed by atoms with Crippen LogP contribution in [0.25, 0.3) is 0 Å². The predicted octanol–water partition coefficient (Wildman–Crippen LogP) is 2.61. The molecule has 1 saturated heterocycles. The maximum Gasteiger partial charge on any atom is 0.324 e. The molecule has 0 saturated carbocycles. The van der Waals surface area contributed by atoms with Gasteiger partial charge in [-0.3, -0.25) is 10.1 Å². The lowest BCUT2D eigenvalue weighted by Crippen LogP contribution is -2.43. The van der Waals surface area contributed by atoms with Crippen LogP contribution in [0.1, 0.15) is 39.5 Å². The Morgan fingerprint density at radius 2 is 2.06 bits per heavy atom. The first-order valence-electron chi connectivity index (χ1n) is 6.69. The molecule has 0 aromatic carbocycles. The molecule has 0 bridgehead atoms. The second-order valence-electron chi connectivity index (χ2n) is 5.21. The van der Waals surface area contributed by atoms with Crippen molar-refractivity contribution in [1.29, 1.82) is 0 Å². The zero-order chi connectivity index (χ0) is 13.5. The first-order valence-corrected chi connectivity index (χ1v) is 7.22. The van der Waals surface area contributed by atoms with Gasteiger partial charge in [-0.25, -0.2) is 4.79 Å². The van der Waals surface area contributed by atoms with Gasteiger partial charge in [-0.15, -0.1) is 11.6 Å². The molecular weight excluding hydrogens is 252 g/mol. The van der Waals surface area contributed by atoms with Crippen molar-refractivity contribution in [3.05, 3.63) is 0 Å². The van der Waals surface area contributed by atoms with Crippen LogP contribution >= 0.6 is 11.6 Å². The van der Waals surface area contributed by atoms with E-state index in [4.69, 9.17) is 11.6 Å². The minimum absolute atomic E-state index is 0.190. The third kappa shape index (κ3) is 4.84. The number of likely N-dealkylation sites (tertiary alicyclic amines) is 1. The van der Waals surface area contributed by atoms with E-state index < -0.39 is 0 Å². The number of nitrogens with one attached hydrogen (secondary N) is 1. The summed E-state index contributed by atoms with van der Waals surface area (Å²) in [6.45, 7) is 5.93. The third-order valence-electron chi connectivity index (χ3n) is 3.57. The van der Waals surface area contributed by atoms with E-state index in [1.165, 1.54) is 0 Å². The highest BCUT2D eigenvalue weighted by Gasteiger charge is 2.23. The number of nitrogens with zero attached hydrogens (tertiary/aromatic N) is 1. The summed E-state index contributed by atoms with van der Waals surface area (Å²) in [5.74, 6) is 1.29. The van der Waals surface area contributed by atoms with E-state index in [9.17, 15) is 9.59 Å². The highest BCUT2D eigenvalue weighted by molar-refractivity contribution is 6.19. The van der Waals surface area contributed by atoms with Gasteiger partial charge in [-0.05, 0) is 31.1 Å². The Labute approximate surface area is 114 Å². The van der Waals surface area contributed by atoms with Crippen LogP contribution in [0.4, 0.5) is 4.79 Å². The number of imide groups is 1. The minimum atomic E-state index is -0.292. The van der Waals surface area contributed by atoms with Crippen LogP contribution in [0.2, 0.25) is 0 Å². The number of rotatable bonds is 3. The number of carbonyl (C=O) groups excluding carboxylic acids is 2. The SMILES string of the molecule is CC(C)C1CCCN(C(=O)NC(=O)CCCl)CC1. The van der Waals surface area contributed by atoms with E-state index in [1.807, 2.05) is 0 Å². The lowest BCUT2D eigenvalue weighted by atomic mass is 9.89. The van der Waals surface area contributed by atoms with E-state index in [-0.39, 0.29) is 24.2 Å². The second-order valence-corrected chi connectivity index (χ2v) is 5.59. The van der Waals surface area contributed by atoms with Crippen molar-refractivity contribution in [2.45, 2.75) is 39.5 Å². The van der Waals surface area contributed by atoms with Gasteiger partial charge in [0.25, 0.3) is 0 Å². The minimum Gasteiger partial charge on any atom is -0.324 e. The van der Waals surface area contributed by atoms with Crippen molar-refractivity contribution >= 4 is 23.5 Å². The third-order valence-corrected chi connectivity index (χ3v) is 3.76. The Balaban J connectivity index is 2.42. The number of urea groups is 1. The quantitative estimate of drug-likeness (QED) is 0.805. The van der Waals surface area contributed by atoms with Crippen LogP contribution in [0.3, 0.4) is 0 Å². The lowest BCUT2D eigenvalue weighted by Gasteiger charge is -2.21. The van der Waals surface area contributed by atoms with E-state index in [2.05, 4.69) is 19.2 Å². The molecule has 1 unspecified atom stereocenters. The van der Waals surface area contributed by atoms with E-state index in [0.717, 1.165) is 32.4 Å². The van der Waals surface area contributed by atoms with Crippen molar-refractivity contribution < 1.29 is 9.59 Å². The van der Waals surface area contributed by atoms with Gasteiger partial charge < -0.3 is 4.90 Å². The van der Waals surface area contributed by atoms with Crippen LogP contribution in [0.15, 0.2) is 0 Å². The maximum absolute atomic E-state index is 11.9. The molecule has 4 nitrogen and oxygen atoms in total. The molecule has 0 aliphatic carbocycles. The maximum atomic E-state index is 11.9. The second kappa shape index (κ2) is 7.62. The summed E-state index contributed by atoms with van der Waals surface area (Å²) in [6.07, 6.45) is 3.39. The molecule has 18 heavy (non-hydrogen) atoms. The van der Waals surface area contributed by atoms with Gasteiger partial charge >= 0.3 is 6.03 Å². The molecule has 1 aliphatic heterocycles. The smallest absolute Gasteiger partial charge is 0.324 e. The fourth-order valence-electron chi connectivity index (χ4n) is 2.34. The molecule has 1 aliphatic rings. The molecule has 3 amide bonds. The Hall–Kier alpha value is -0.770. The summed E-state index contributed by atoms with van der Waals surface area (Å²) in [7, 11) is 0. The molecule has 0 spiro atoms.